The van der Waals surface area contributed by atoms with Gasteiger partial charge in [-0.2, -0.15) is 0 Å². The Kier molecular flexibility index (Phi) is 3.70. The molecule has 0 saturated carbocycles. The van der Waals surface area contributed by atoms with Gasteiger partial charge in [0.2, 0.25) is 0 Å². The van der Waals surface area contributed by atoms with Gasteiger partial charge in [-0.1, -0.05) is 6.07 Å². The summed E-state index contributed by atoms with van der Waals surface area (Å²) in [5.41, 5.74) is 1.26. The average molecular weight is 184 g/mol. The maximum absolute atomic E-state index is 8.92. The van der Waals surface area contributed by atoms with Gasteiger partial charge in [-0.3, -0.25) is 0 Å². The Morgan fingerprint density at radius 3 is 2.38 bits per heavy atom. The van der Waals surface area contributed by atoms with E-state index in [1.54, 1.807) is 18.2 Å². The standard InChI is InChI=1S/C9H12O4/c10-4-7-1-2-9(13-6-12)8(3-7)5-11/h1-3,10-12H,4-6H2. The van der Waals surface area contributed by atoms with E-state index in [1.807, 2.05) is 0 Å². The fraction of sp³-hybridized carbons (Fsp3) is 0.333. The molecule has 0 atom stereocenters. The summed E-state index contributed by atoms with van der Waals surface area (Å²) in [5, 5.41) is 26.2. The zero-order chi connectivity index (χ0) is 9.68. The third kappa shape index (κ3) is 2.42. The van der Waals surface area contributed by atoms with Gasteiger partial charge >= 0.3 is 0 Å². The molecule has 0 aliphatic carbocycles. The molecule has 1 aromatic carbocycles. The van der Waals surface area contributed by atoms with Gasteiger partial charge in [0.25, 0.3) is 0 Å². The second kappa shape index (κ2) is 4.81. The topological polar surface area (TPSA) is 69.9 Å². The highest BCUT2D eigenvalue weighted by molar-refractivity contribution is 5.36. The van der Waals surface area contributed by atoms with Crippen molar-refractivity contribution >= 4 is 0 Å². The number of aliphatic hydroxyl groups excluding tert-OH is 3. The van der Waals surface area contributed by atoms with E-state index >= 15 is 0 Å². The van der Waals surface area contributed by atoms with Crippen LogP contribution < -0.4 is 4.74 Å². The van der Waals surface area contributed by atoms with Gasteiger partial charge in [0, 0.05) is 5.56 Å². The Labute approximate surface area is 76.0 Å². The largest absolute Gasteiger partial charge is 0.467 e. The summed E-state index contributed by atoms with van der Waals surface area (Å²) in [6.45, 7) is -0.680. The molecule has 1 rings (SSSR count). The highest BCUT2D eigenvalue weighted by Crippen LogP contribution is 2.19. The monoisotopic (exact) mass is 184 g/mol. The van der Waals surface area contributed by atoms with Crippen LogP contribution in [0.25, 0.3) is 0 Å². The molecule has 0 unspecified atom stereocenters. The molecule has 0 saturated heterocycles. The van der Waals surface area contributed by atoms with Gasteiger partial charge in [-0.05, 0) is 17.7 Å². The van der Waals surface area contributed by atoms with Crippen molar-refractivity contribution in [2.75, 3.05) is 6.79 Å². The first kappa shape index (κ1) is 9.98. The molecule has 13 heavy (non-hydrogen) atoms. The number of ether oxygens (including phenoxy) is 1. The minimum atomic E-state index is -0.425. The third-order valence-electron chi connectivity index (χ3n) is 1.70. The van der Waals surface area contributed by atoms with E-state index in [-0.39, 0.29) is 13.2 Å². The first-order valence-electron chi connectivity index (χ1n) is 3.89. The van der Waals surface area contributed by atoms with Crippen LogP contribution in [0.2, 0.25) is 0 Å². The lowest BCUT2D eigenvalue weighted by atomic mass is 10.1. The van der Waals surface area contributed by atoms with E-state index in [1.165, 1.54) is 0 Å². The molecule has 0 radical (unpaired) electrons. The first-order valence-corrected chi connectivity index (χ1v) is 3.89. The quantitative estimate of drug-likeness (QED) is 0.576. The molecule has 0 fully saturated rings. The van der Waals surface area contributed by atoms with Crippen LogP contribution in [0, 0.1) is 0 Å². The van der Waals surface area contributed by atoms with Crippen molar-refractivity contribution in [3.05, 3.63) is 29.3 Å². The Morgan fingerprint density at radius 2 is 1.85 bits per heavy atom. The van der Waals surface area contributed by atoms with Crippen molar-refractivity contribution in [2.45, 2.75) is 13.2 Å². The fourth-order valence-electron chi connectivity index (χ4n) is 1.07. The van der Waals surface area contributed by atoms with E-state index in [9.17, 15) is 0 Å². The minimum Gasteiger partial charge on any atom is -0.467 e. The molecule has 0 aliphatic heterocycles. The zero-order valence-corrected chi connectivity index (χ0v) is 7.10. The number of hydrogen-bond acceptors (Lipinski definition) is 4. The predicted molar refractivity (Wildman–Crippen MR) is 46.0 cm³/mol. The molecule has 0 spiro atoms. The molecule has 0 heterocycles. The predicted octanol–water partition coefficient (Wildman–Crippen LogP) is -0.000200. The zero-order valence-electron chi connectivity index (χ0n) is 7.10. The van der Waals surface area contributed by atoms with E-state index in [2.05, 4.69) is 0 Å². The number of hydrogen-bond donors (Lipinski definition) is 3. The number of benzene rings is 1. The SMILES string of the molecule is OCOc1ccc(CO)cc1CO. The minimum absolute atomic E-state index is 0.0770. The summed E-state index contributed by atoms with van der Waals surface area (Å²) in [6.07, 6.45) is 0. The van der Waals surface area contributed by atoms with Crippen molar-refractivity contribution in [2.24, 2.45) is 0 Å². The summed E-state index contributed by atoms with van der Waals surface area (Å²) in [5.74, 6) is 0.433. The van der Waals surface area contributed by atoms with Gasteiger partial charge in [-0.15, -0.1) is 0 Å². The summed E-state index contributed by atoms with van der Waals surface area (Å²) in [7, 11) is 0. The van der Waals surface area contributed by atoms with Gasteiger partial charge in [0.1, 0.15) is 5.75 Å². The second-order valence-corrected chi connectivity index (χ2v) is 2.53. The van der Waals surface area contributed by atoms with Crippen LogP contribution in [0.4, 0.5) is 0 Å². The molecule has 72 valence electrons. The van der Waals surface area contributed by atoms with E-state index in [4.69, 9.17) is 20.1 Å². The lowest BCUT2D eigenvalue weighted by molar-refractivity contribution is 0.0958. The summed E-state index contributed by atoms with van der Waals surface area (Å²) in [6, 6.07) is 4.91. The molecular weight excluding hydrogens is 172 g/mol. The molecule has 0 aliphatic rings. The van der Waals surface area contributed by atoms with E-state index < -0.39 is 6.79 Å². The van der Waals surface area contributed by atoms with Crippen molar-refractivity contribution in [3.8, 4) is 5.75 Å². The normalized spacial score (nSPS) is 10.1. The molecule has 4 heteroatoms. The Bertz CT molecular complexity index is 272. The third-order valence-corrected chi connectivity index (χ3v) is 1.70. The summed E-state index contributed by atoms with van der Waals surface area (Å²) in [4.78, 5) is 0. The fourth-order valence-corrected chi connectivity index (χ4v) is 1.07. The molecular formula is C9H12O4. The molecule has 1 aromatic rings. The van der Waals surface area contributed by atoms with Crippen molar-refractivity contribution in [1.82, 2.24) is 0 Å². The van der Waals surface area contributed by atoms with Crippen molar-refractivity contribution in [3.63, 3.8) is 0 Å². The smallest absolute Gasteiger partial charge is 0.186 e. The van der Waals surface area contributed by atoms with Gasteiger partial charge < -0.3 is 20.1 Å². The van der Waals surface area contributed by atoms with Crippen LogP contribution in [0.5, 0.6) is 5.75 Å². The van der Waals surface area contributed by atoms with Crippen LogP contribution in [-0.4, -0.2) is 22.1 Å². The van der Waals surface area contributed by atoms with Crippen LogP contribution in [0.3, 0.4) is 0 Å². The van der Waals surface area contributed by atoms with Crippen LogP contribution in [-0.2, 0) is 13.2 Å². The molecule has 0 amide bonds. The van der Waals surface area contributed by atoms with Crippen LogP contribution >= 0.6 is 0 Å². The van der Waals surface area contributed by atoms with Crippen molar-refractivity contribution in [1.29, 1.82) is 0 Å². The molecule has 0 bridgehead atoms. The van der Waals surface area contributed by atoms with Gasteiger partial charge in [-0.25, -0.2) is 0 Å². The molecule has 0 aromatic heterocycles. The number of rotatable bonds is 4. The van der Waals surface area contributed by atoms with Crippen LogP contribution in [0.1, 0.15) is 11.1 Å². The molecule has 3 N–H and O–H groups in total. The Morgan fingerprint density at radius 1 is 1.08 bits per heavy atom. The number of aliphatic hydroxyl groups is 3. The Balaban J connectivity index is 2.93. The van der Waals surface area contributed by atoms with Crippen molar-refractivity contribution < 1.29 is 20.1 Å². The average Bonchev–Trinajstić information content (AvgIpc) is 2.19. The van der Waals surface area contributed by atoms with Crippen LogP contribution in [0.15, 0.2) is 18.2 Å². The summed E-state index contributed by atoms with van der Waals surface area (Å²) >= 11 is 0. The van der Waals surface area contributed by atoms with E-state index in [0.717, 1.165) is 0 Å². The first-order chi connectivity index (χ1) is 6.31. The second-order valence-electron chi connectivity index (χ2n) is 2.53. The maximum Gasteiger partial charge on any atom is 0.186 e. The highest BCUT2D eigenvalue weighted by Gasteiger charge is 2.03. The Hall–Kier alpha value is -1.10. The summed E-state index contributed by atoms with van der Waals surface area (Å²) < 4.78 is 4.84. The highest BCUT2D eigenvalue weighted by atomic mass is 16.6. The van der Waals surface area contributed by atoms with E-state index in [0.29, 0.717) is 16.9 Å². The lowest BCUT2D eigenvalue weighted by Gasteiger charge is -2.08. The lowest BCUT2D eigenvalue weighted by Crippen LogP contribution is -1.99. The molecule has 4 nitrogen and oxygen atoms in total. The van der Waals surface area contributed by atoms with Gasteiger partial charge in [0.05, 0.1) is 13.2 Å². The van der Waals surface area contributed by atoms with Gasteiger partial charge in [0.15, 0.2) is 6.79 Å². The maximum atomic E-state index is 8.92.